The number of rotatable bonds is 10. The molecule has 0 N–H and O–H groups in total. The van der Waals surface area contributed by atoms with Crippen molar-refractivity contribution in [3.63, 3.8) is 0 Å². The fourth-order valence-corrected chi connectivity index (χ4v) is 26.2. The molecule has 8 nitrogen and oxygen atoms in total. The Labute approximate surface area is 468 Å². The summed E-state index contributed by atoms with van der Waals surface area (Å²) in [7, 11) is -10.6. The van der Waals surface area contributed by atoms with Gasteiger partial charge in [-0.15, -0.1) is 11.4 Å². The molecule has 2 fully saturated rings. The molecule has 0 aliphatic carbocycles. The molecule has 2 saturated heterocycles. The average molecular weight is 969 g/mol. The van der Waals surface area contributed by atoms with Crippen LogP contribution in [0.25, 0.3) is 9.96 Å². The number of anilines is 2. The molecule has 2 aliphatic rings. The van der Waals surface area contributed by atoms with E-state index in [4.69, 9.17) is 19.4 Å². The predicted molar refractivity (Wildman–Crippen MR) is 284 cm³/mol. The first kappa shape index (κ1) is 69.3. The van der Waals surface area contributed by atoms with Crippen LogP contribution in [0.2, 0.25) is 52.4 Å². The van der Waals surface area contributed by atoms with Gasteiger partial charge < -0.3 is 37.5 Å². The topological polar surface area (TPSA) is 99.3 Å². The zero-order chi connectivity index (χ0) is 48.5. The van der Waals surface area contributed by atoms with Gasteiger partial charge in [-0.2, -0.15) is 0 Å². The number of ether oxygens (including phenoxy) is 2. The summed E-state index contributed by atoms with van der Waals surface area (Å²) >= 11 is 0. The van der Waals surface area contributed by atoms with E-state index < -0.39 is 33.8 Å². The van der Waals surface area contributed by atoms with Crippen LogP contribution in [0.15, 0.2) is 48.5 Å². The van der Waals surface area contributed by atoms with Crippen molar-refractivity contribution >= 4 is 56.5 Å². The quantitative estimate of drug-likeness (QED) is 0.222. The molecule has 6 rings (SSSR count). The van der Waals surface area contributed by atoms with E-state index >= 15 is 0 Å². The van der Waals surface area contributed by atoms with Crippen molar-refractivity contribution in [1.29, 1.82) is 0 Å². The summed E-state index contributed by atoms with van der Waals surface area (Å²) in [5, 5.41) is 0. The Bertz CT molecular complexity index is 1930. The Morgan fingerprint density at radius 2 is 0.559 bits per heavy atom. The molecule has 0 atom stereocenters. The first-order valence-corrected chi connectivity index (χ1v) is 34.9. The van der Waals surface area contributed by atoms with Crippen molar-refractivity contribution in [2.75, 3.05) is 34.9 Å². The first-order chi connectivity index (χ1) is 29.5. The van der Waals surface area contributed by atoms with E-state index in [1.165, 1.54) is 92.4 Å². The van der Waals surface area contributed by atoms with Crippen molar-refractivity contribution in [3.8, 4) is 0 Å². The monoisotopic (exact) mass is 969 g/mol. The number of nitrogens with zero attached hydrogens (tertiary/aromatic N) is 4. The van der Waals surface area contributed by atoms with Gasteiger partial charge in [-0.1, -0.05) is 145 Å². The summed E-state index contributed by atoms with van der Waals surface area (Å²) in [5.41, 5.74) is 18.8. The molecular weight excluding hydrogens is 885 g/mol. The molecule has 0 amide bonds. The van der Waals surface area contributed by atoms with Crippen LogP contribution in [-0.2, 0) is 9.47 Å². The molecular formula is C52H84Li4N4O4Si4. The molecule has 0 bridgehead atoms. The second-order valence-corrected chi connectivity index (χ2v) is 35.3. The van der Waals surface area contributed by atoms with Crippen LogP contribution < -0.4 is 93.5 Å². The Morgan fingerprint density at radius 1 is 0.368 bits per heavy atom. The van der Waals surface area contributed by atoms with Crippen LogP contribution >= 0.6 is 0 Å². The zero-order valence-corrected chi connectivity index (χ0v) is 51.7. The van der Waals surface area contributed by atoms with Gasteiger partial charge >= 0.3 is 75.4 Å². The van der Waals surface area contributed by atoms with Crippen LogP contribution in [-0.4, -0.2) is 60.2 Å². The largest absolute Gasteiger partial charge is 1.00 e. The van der Waals surface area contributed by atoms with Crippen molar-refractivity contribution in [2.24, 2.45) is 0 Å². The first-order valence-electron chi connectivity index (χ1n) is 23.4. The van der Waals surface area contributed by atoms with E-state index in [1.807, 2.05) is 26.2 Å². The molecule has 0 unspecified atom stereocenters. The average Bonchev–Trinajstić information content (AvgIpc) is 3.91. The summed E-state index contributed by atoms with van der Waals surface area (Å²) in [4.78, 5) is 37.5. The molecule has 0 saturated carbocycles. The molecule has 16 heteroatoms. The molecule has 0 spiro atoms. The van der Waals surface area contributed by atoms with Gasteiger partial charge in [0.15, 0.2) is 0 Å². The fourth-order valence-electron chi connectivity index (χ4n) is 9.82. The maximum absolute atomic E-state index is 13.5. The van der Waals surface area contributed by atoms with Gasteiger partial charge in [-0.3, -0.25) is 0 Å². The Kier molecular flexibility index (Phi) is 30.3. The zero-order valence-electron chi connectivity index (χ0n) is 47.7. The third-order valence-corrected chi connectivity index (χ3v) is 24.9. The SMILES string of the molecule is C1CCOC1.C1CCOC1.Cc1cc(C)c([N-][Si](C)(C)N(c2c(C)cc(C)cc2C)[Si](C)(C)[O-])c(C)c1.Cc1cc(C)c([N-][Si](C)(C)N(c2c(C)cc(C)cc2C)[Si](C)(C)[O-])c(C)c1.[Li+].[Li+].[Li+].[Li+]. The third-order valence-electron chi connectivity index (χ3n) is 11.6. The Balaban J connectivity index is 0. The number of benzene rings is 4. The van der Waals surface area contributed by atoms with Crippen molar-refractivity contribution in [3.05, 3.63) is 125 Å². The van der Waals surface area contributed by atoms with E-state index in [2.05, 4.69) is 166 Å². The minimum absolute atomic E-state index is 0. The van der Waals surface area contributed by atoms with Gasteiger partial charge in [0.1, 0.15) is 0 Å². The third kappa shape index (κ3) is 20.2. The van der Waals surface area contributed by atoms with Crippen molar-refractivity contribution in [1.82, 2.24) is 0 Å². The van der Waals surface area contributed by atoms with Crippen LogP contribution in [0.3, 0.4) is 0 Å². The fraction of sp³-hybridized carbons (Fsp3) is 0.538. The van der Waals surface area contributed by atoms with Crippen LogP contribution in [0, 0.1) is 83.1 Å². The van der Waals surface area contributed by atoms with Crippen LogP contribution in [0.4, 0.5) is 22.7 Å². The molecule has 68 heavy (non-hydrogen) atoms. The van der Waals surface area contributed by atoms with Crippen molar-refractivity contribution in [2.45, 2.75) is 161 Å². The second-order valence-electron chi connectivity index (χ2n) is 20.4. The summed E-state index contributed by atoms with van der Waals surface area (Å²) in [6.07, 6.45) is 5.11. The number of aryl methyl sites for hydroxylation is 12. The molecule has 2 heterocycles. The van der Waals surface area contributed by atoms with E-state index in [-0.39, 0.29) is 75.4 Å². The summed E-state index contributed by atoms with van der Waals surface area (Å²) < 4.78 is 14.3. The Morgan fingerprint density at radius 3 is 0.721 bits per heavy atom. The van der Waals surface area contributed by atoms with Gasteiger partial charge in [0, 0.05) is 71.6 Å². The molecule has 2 aliphatic heterocycles. The number of hydrogen-bond donors (Lipinski definition) is 0. The van der Waals surface area contributed by atoms with E-state index in [1.54, 1.807) is 0 Å². The predicted octanol–water partition coefficient (Wildman–Crippen LogP) is 1.24. The smallest absolute Gasteiger partial charge is 0.844 e. The minimum Gasteiger partial charge on any atom is -0.844 e. The standard InChI is InChI=1S/2C22H34N2OSi2.2C4H8O.4Li/c2*1-15-11-17(3)21(18(4)12-15)23-26(7,8)24(27(9,10)25)22-19(5)13-16(2)14-20(22)6;2*1-2-4-5-3-1;;;;/h2*11-14H,1-10H3;2*1-4H2;;;;/q2*-2;;;4*+1. The maximum Gasteiger partial charge on any atom is 1.00 e. The summed E-state index contributed by atoms with van der Waals surface area (Å²) in [5.74, 6) is 0. The van der Waals surface area contributed by atoms with Gasteiger partial charge in [0.25, 0.3) is 0 Å². The molecule has 4 aromatic carbocycles. The normalized spacial score (nSPS) is 13.3. The summed E-state index contributed by atoms with van der Waals surface area (Å²) in [6.45, 7) is 45.8. The number of hydrogen-bond acceptors (Lipinski definition) is 6. The molecule has 0 aromatic heterocycles. The second kappa shape index (κ2) is 29.8. The minimum atomic E-state index is -2.89. The van der Waals surface area contributed by atoms with Crippen LogP contribution in [0.1, 0.15) is 92.4 Å². The molecule has 0 radical (unpaired) electrons. The van der Waals surface area contributed by atoms with E-state index in [0.29, 0.717) is 0 Å². The van der Waals surface area contributed by atoms with Crippen LogP contribution in [0.5, 0.6) is 0 Å². The maximum atomic E-state index is 13.5. The van der Waals surface area contributed by atoms with Gasteiger partial charge in [0.05, 0.1) is 0 Å². The van der Waals surface area contributed by atoms with Gasteiger partial charge in [-0.05, 0) is 131 Å². The van der Waals surface area contributed by atoms with Crippen molar-refractivity contribution < 1.29 is 94.5 Å². The van der Waals surface area contributed by atoms with Gasteiger partial charge in [0.2, 0.25) is 0 Å². The van der Waals surface area contributed by atoms with E-state index in [9.17, 15) is 9.59 Å². The molecule has 356 valence electrons. The summed E-state index contributed by atoms with van der Waals surface area (Å²) in [6, 6.07) is 17.5. The molecule has 4 aromatic rings. The van der Waals surface area contributed by atoms with Gasteiger partial charge in [-0.25, -0.2) is 0 Å². The Hall–Kier alpha value is -0.823. The van der Waals surface area contributed by atoms with E-state index in [0.717, 1.165) is 49.2 Å².